The quantitative estimate of drug-likeness (QED) is 0.128. The zero-order valence-electron chi connectivity index (χ0n) is 24.0. The van der Waals surface area contributed by atoms with E-state index in [9.17, 15) is 17.6 Å². The molecular weight excluding hydrogens is 602 g/mol. The second-order valence-electron chi connectivity index (χ2n) is 11.0. The van der Waals surface area contributed by atoms with Gasteiger partial charge in [-0.2, -0.15) is 8.78 Å². The highest BCUT2D eigenvalue weighted by atomic mass is 35.5. The molecule has 0 heterocycles. The van der Waals surface area contributed by atoms with Gasteiger partial charge in [0, 0.05) is 12.2 Å². The third-order valence-corrected chi connectivity index (χ3v) is 8.29. The number of hydrogen-bond acceptors (Lipinski definition) is 2. The van der Waals surface area contributed by atoms with Gasteiger partial charge in [-0.05, 0) is 103 Å². The van der Waals surface area contributed by atoms with E-state index in [0.717, 1.165) is 43.9 Å². The summed E-state index contributed by atoms with van der Waals surface area (Å²) in [4.78, 5) is 0. The van der Waals surface area contributed by atoms with Crippen molar-refractivity contribution in [2.24, 2.45) is 0 Å². The summed E-state index contributed by atoms with van der Waals surface area (Å²) in [6.07, 6.45) is 0.618. The van der Waals surface area contributed by atoms with Gasteiger partial charge in [0.15, 0.2) is 0 Å². The van der Waals surface area contributed by atoms with Gasteiger partial charge in [-0.3, -0.25) is 0 Å². The van der Waals surface area contributed by atoms with Crippen LogP contribution in [0, 0.1) is 23.3 Å². The molecule has 0 bridgehead atoms. The van der Waals surface area contributed by atoms with Crippen molar-refractivity contribution < 1.29 is 35.8 Å². The molecule has 44 heavy (non-hydrogen) atoms. The van der Waals surface area contributed by atoms with Gasteiger partial charge < -0.3 is 9.47 Å². The summed E-state index contributed by atoms with van der Waals surface area (Å²) < 4.78 is 99.4. The van der Waals surface area contributed by atoms with Gasteiger partial charge in [0.1, 0.15) is 34.6 Å². The lowest BCUT2D eigenvalue weighted by Gasteiger charge is -2.29. The Morgan fingerprint density at radius 1 is 0.727 bits per heavy atom. The lowest BCUT2D eigenvalue weighted by atomic mass is 9.82. The first-order chi connectivity index (χ1) is 21.1. The Balaban J connectivity index is 1.26. The van der Waals surface area contributed by atoms with Crippen LogP contribution in [0.1, 0.15) is 62.5 Å². The van der Waals surface area contributed by atoms with Gasteiger partial charge in [-0.15, -0.1) is 0 Å². The lowest BCUT2D eigenvalue weighted by molar-refractivity contribution is -0.189. The molecule has 2 nitrogen and oxygen atoms in total. The first kappa shape index (κ1) is 31.9. The fourth-order valence-electron chi connectivity index (χ4n) is 5.57. The second kappa shape index (κ2) is 13.7. The number of rotatable bonds is 10. The van der Waals surface area contributed by atoms with Crippen molar-refractivity contribution in [3.63, 3.8) is 0 Å². The van der Waals surface area contributed by atoms with Crippen molar-refractivity contribution >= 4 is 11.6 Å². The molecule has 1 aliphatic carbocycles. The van der Waals surface area contributed by atoms with Crippen LogP contribution in [-0.2, 0) is 10.8 Å². The topological polar surface area (TPSA) is 18.5 Å². The Kier molecular flexibility index (Phi) is 9.90. The van der Waals surface area contributed by atoms with Crippen LogP contribution in [0.4, 0.5) is 26.3 Å². The second-order valence-corrected chi connectivity index (χ2v) is 11.4. The predicted molar refractivity (Wildman–Crippen MR) is 159 cm³/mol. The van der Waals surface area contributed by atoms with Crippen molar-refractivity contribution in [2.45, 2.75) is 63.6 Å². The number of alkyl halides is 2. The molecule has 9 heteroatoms. The molecule has 0 spiro atoms. The Morgan fingerprint density at radius 2 is 1.34 bits per heavy atom. The highest BCUT2D eigenvalue weighted by molar-refractivity contribution is 6.30. The van der Waals surface area contributed by atoms with Gasteiger partial charge in [-0.25, -0.2) is 17.6 Å². The van der Waals surface area contributed by atoms with Gasteiger partial charge >= 0.3 is 6.11 Å². The molecule has 0 atom stereocenters. The number of benzene rings is 4. The minimum atomic E-state index is -4.29. The molecule has 1 aliphatic rings. The Hall–Kier alpha value is -3.49. The van der Waals surface area contributed by atoms with Gasteiger partial charge in [0.2, 0.25) is 0 Å². The average molecular weight is 633 g/mol. The van der Waals surface area contributed by atoms with Crippen LogP contribution in [0.25, 0.3) is 22.3 Å². The highest BCUT2D eigenvalue weighted by Gasteiger charge is 2.41. The maximum Gasteiger partial charge on any atom is 0.432 e. The molecule has 232 valence electrons. The number of hydrogen-bond donors (Lipinski definition) is 0. The normalized spacial score (nSPS) is 17.1. The van der Waals surface area contributed by atoms with Crippen LogP contribution in [-0.4, -0.2) is 12.7 Å². The molecular formula is C35H31ClF6O2. The Morgan fingerprint density at radius 3 is 1.95 bits per heavy atom. The highest BCUT2D eigenvalue weighted by Crippen LogP contribution is 2.40. The van der Waals surface area contributed by atoms with Crippen molar-refractivity contribution in [1.82, 2.24) is 0 Å². The Bertz CT molecular complexity index is 1580. The third-order valence-electron chi connectivity index (χ3n) is 7.99. The predicted octanol–water partition coefficient (Wildman–Crippen LogP) is 11.2. The van der Waals surface area contributed by atoms with E-state index in [4.69, 9.17) is 21.1 Å². The monoisotopic (exact) mass is 632 g/mol. The van der Waals surface area contributed by atoms with E-state index in [1.54, 1.807) is 6.07 Å². The van der Waals surface area contributed by atoms with Crippen LogP contribution >= 0.6 is 11.6 Å². The fraction of sp³-hybridized carbons (Fsp3) is 0.314. The molecule has 0 aromatic heterocycles. The maximum absolute atomic E-state index is 15.1. The average Bonchev–Trinajstić information content (AvgIpc) is 2.99. The van der Waals surface area contributed by atoms with E-state index in [1.165, 1.54) is 48.5 Å². The first-order valence-electron chi connectivity index (χ1n) is 14.6. The van der Waals surface area contributed by atoms with Crippen LogP contribution < -0.4 is 4.74 Å². The van der Waals surface area contributed by atoms with Gasteiger partial charge in [0.25, 0.3) is 0 Å². The summed E-state index contributed by atoms with van der Waals surface area (Å²) in [6, 6.07) is 15.4. The molecule has 4 aromatic carbocycles. The van der Waals surface area contributed by atoms with E-state index in [-0.39, 0.29) is 28.4 Å². The lowest BCUT2D eigenvalue weighted by Crippen LogP contribution is -2.26. The molecule has 0 radical (unpaired) electrons. The number of ether oxygens (including phenoxy) is 2. The molecule has 0 amide bonds. The summed E-state index contributed by atoms with van der Waals surface area (Å²) in [6.45, 7) is 2.76. The van der Waals surface area contributed by atoms with Gasteiger partial charge in [0.05, 0.1) is 11.1 Å². The summed E-state index contributed by atoms with van der Waals surface area (Å²) in [5.41, 5.74) is 0.236. The van der Waals surface area contributed by atoms with Crippen molar-refractivity contribution in [2.75, 3.05) is 6.61 Å². The molecule has 0 saturated heterocycles. The molecule has 0 aliphatic heterocycles. The Labute approximate surface area is 257 Å². The van der Waals surface area contributed by atoms with E-state index in [2.05, 4.69) is 6.92 Å². The molecule has 1 saturated carbocycles. The minimum Gasteiger partial charge on any atom is -0.429 e. The zero-order valence-corrected chi connectivity index (χ0v) is 24.8. The number of unbranched alkanes of at least 4 members (excludes halogenated alkanes) is 1. The van der Waals surface area contributed by atoms with E-state index < -0.39 is 34.9 Å². The molecule has 4 aromatic rings. The van der Waals surface area contributed by atoms with Crippen molar-refractivity contribution in [3.8, 4) is 28.0 Å². The van der Waals surface area contributed by atoms with Crippen LogP contribution in [0.2, 0.25) is 5.02 Å². The SMILES string of the molecule is CCCCOC1CCC(c2cc(F)c(C(F)(F)Oc3ccc(-c4ccc(-c5ccc(Cl)c(F)c5)c(F)c4)cc3)c(F)c2)CC1. The standard InChI is InChI=1S/C35H31ClF6O2/c1-2-3-16-43-26-10-4-22(5-11-26)25-19-32(39)34(33(40)20-25)35(41,42)44-27-12-6-21(7-13-27)23-8-14-28(30(37)17-23)24-9-15-29(36)31(38)18-24/h6-9,12-15,17-20,22,26H,2-5,10-11,16H2,1H3. The smallest absolute Gasteiger partial charge is 0.429 e. The fourth-order valence-corrected chi connectivity index (χ4v) is 5.69. The van der Waals surface area contributed by atoms with E-state index in [0.29, 0.717) is 41.7 Å². The van der Waals surface area contributed by atoms with Crippen molar-refractivity contribution in [1.29, 1.82) is 0 Å². The third kappa shape index (κ3) is 7.24. The summed E-state index contributed by atoms with van der Waals surface area (Å²) in [5.74, 6) is -4.54. The van der Waals surface area contributed by atoms with Crippen molar-refractivity contribution in [3.05, 3.63) is 112 Å². The first-order valence-corrected chi connectivity index (χ1v) is 15.0. The van der Waals surface area contributed by atoms with Crippen LogP contribution in [0.5, 0.6) is 5.75 Å². The summed E-state index contributed by atoms with van der Waals surface area (Å²) in [7, 11) is 0. The van der Waals surface area contributed by atoms with Crippen LogP contribution in [0.3, 0.4) is 0 Å². The molecule has 0 N–H and O–H groups in total. The molecule has 5 rings (SSSR count). The molecule has 0 unspecified atom stereocenters. The largest absolute Gasteiger partial charge is 0.432 e. The maximum atomic E-state index is 15.1. The summed E-state index contributed by atoms with van der Waals surface area (Å²) in [5, 5.41) is -0.0809. The van der Waals surface area contributed by atoms with E-state index in [1.807, 2.05) is 0 Å². The summed E-state index contributed by atoms with van der Waals surface area (Å²) >= 11 is 5.70. The van der Waals surface area contributed by atoms with Crippen LogP contribution in [0.15, 0.2) is 72.8 Å². The molecule has 1 fully saturated rings. The minimum absolute atomic E-state index is 0.0809. The number of halogens is 7. The zero-order chi connectivity index (χ0) is 31.4. The van der Waals surface area contributed by atoms with Gasteiger partial charge in [-0.1, -0.05) is 55.3 Å². The van der Waals surface area contributed by atoms with E-state index >= 15 is 8.78 Å².